The Hall–Kier alpha value is -0.240. The van der Waals surface area contributed by atoms with Crippen molar-refractivity contribution in [3.05, 3.63) is 0 Å². The van der Waals surface area contributed by atoms with Crippen LogP contribution < -0.4 is 0 Å². The molecule has 3 saturated heterocycles. The first kappa shape index (κ1) is 28.3. The van der Waals surface area contributed by atoms with Gasteiger partial charge in [-0.05, 0) is 59.3 Å². The van der Waals surface area contributed by atoms with Crippen LogP contribution in [0.1, 0.15) is 75.2 Å². The molecule has 0 amide bonds. The summed E-state index contributed by atoms with van der Waals surface area (Å²) >= 11 is 0. The lowest BCUT2D eigenvalue weighted by atomic mass is 9.87. The van der Waals surface area contributed by atoms with Crippen LogP contribution in [0.2, 0.25) is 0 Å². The van der Waals surface area contributed by atoms with Crippen molar-refractivity contribution in [3.63, 3.8) is 0 Å². The van der Waals surface area contributed by atoms with Crippen LogP contribution >= 0.6 is 0 Å². The topological polar surface area (TPSA) is 37.4 Å². The Morgan fingerprint density at radius 1 is 0.647 bits per heavy atom. The fraction of sp³-hybridized carbons (Fsp3) is 1.00. The lowest BCUT2D eigenvalue weighted by Crippen LogP contribution is -2.61. The molecule has 3 aliphatic rings. The third-order valence-corrected chi connectivity index (χ3v) is 8.53. The second kappa shape index (κ2) is 12.8. The first-order chi connectivity index (χ1) is 16.1. The second-order valence-electron chi connectivity index (χ2n) is 12.2. The van der Waals surface area contributed by atoms with E-state index in [2.05, 4.69) is 77.0 Å². The molecule has 0 aromatic carbocycles. The maximum atomic E-state index is 6.48. The second-order valence-corrected chi connectivity index (χ2v) is 12.2. The van der Waals surface area contributed by atoms with Crippen LogP contribution in [0, 0.1) is 11.8 Å². The van der Waals surface area contributed by atoms with E-state index in [9.17, 15) is 0 Å². The van der Waals surface area contributed by atoms with Crippen molar-refractivity contribution in [1.82, 2.24) is 14.7 Å². The molecule has 7 atom stereocenters. The van der Waals surface area contributed by atoms with E-state index < -0.39 is 0 Å². The normalized spacial score (nSPS) is 34.8. The minimum absolute atomic E-state index is 0.282. The van der Waals surface area contributed by atoms with Gasteiger partial charge in [0.25, 0.3) is 0 Å². The van der Waals surface area contributed by atoms with E-state index in [1.165, 1.54) is 0 Å². The summed E-state index contributed by atoms with van der Waals surface area (Å²) in [7, 11) is 0. The van der Waals surface area contributed by atoms with Gasteiger partial charge in [-0.3, -0.25) is 14.7 Å². The molecule has 0 aromatic heterocycles. The Morgan fingerprint density at radius 3 is 1.68 bits per heavy atom. The molecule has 3 heterocycles. The molecule has 0 aliphatic carbocycles. The van der Waals surface area contributed by atoms with Gasteiger partial charge < -0.3 is 14.2 Å². The Labute approximate surface area is 210 Å². The average Bonchev–Trinajstić information content (AvgIpc) is 2.78. The highest BCUT2D eigenvalue weighted by Crippen LogP contribution is 2.32. The monoisotopic (exact) mass is 481 g/mol. The Balaban J connectivity index is 1.68. The van der Waals surface area contributed by atoms with E-state index in [1.54, 1.807) is 0 Å². The van der Waals surface area contributed by atoms with Crippen LogP contribution in [-0.4, -0.2) is 109 Å². The maximum absolute atomic E-state index is 6.48. The van der Waals surface area contributed by atoms with Gasteiger partial charge in [-0.25, -0.2) is 0 Å². The Bertz CT molecular complexity index is 601. The molecule has 3 aliphatic heterocycles. The number of rotatable bonds is 9. The summed E-state index contributed by atoms with van der Waals surface area (Å²) < 4.78 is 18.7. The molecule has 4 unspecified atom stereocenters. The zero-order valence-electron chi connectivity index (χ0n) is 23.7. The Morgan fingerprint density at radius 2 is 1.15 bits per heavy atom. The quantitative estimate of drug-likeness (QED) is 0.493. The molecule has 3 rings (SSSR count). The highest BCUT2D eigenvalue weighted by atomic mass is 16.5. The molecule has 34 heavy (non-hydrogen) atoms. The zero-order chi connectivity index (χ0) is 25.0. The maximum Gasteiger partial charge on any atom is 0.0748 e. The molecule has 0 aromatic rings. The molecule has 0 N–H and O–H groups in total. The summed E-state index contributed by atoms with van der Waals surface area (Å²) in [6, 6.07) is 2.51. The summed E-state index contributed by atoms with van der Waals surface area (Å²) in [5.41, 5.74) is 0. The molecule has 6 heteroatoms. The van der Waals surface area contributed by atoms with Gasteiger partial charge in [0.1, 0.15) is 0 Å². The summed E-state index contributed by atoms with van der Waals surface area (Å²) in [6.45, 7) is 27.8. The molecule has 0 spiro atoms. The summed E-state index contributed by atoms with van der Waals surface area (Å²) in [5, 5.41) is 0. The molecule has 6 nitrogen and oxygen atoms in total. The van der Waals surface area contributed by atoms with Gasteiger partial charge >= 0.3 is 0 Å². The van der Waals surface area contributed by atoms with E-state index in [1.807, 2.05) is 0 Å². The van der Waals surface area contributed by atoms with E-state index in [4.69, 9.17) is 14.2 Å². The van der Waals surface area contributed by atoms with Crippen molar-refractivity contribution >= 4 is 0 Å². The molecule has 0 bridgehead atoms. The lowest BCUT2D eigenvalue weighted by Gasteiger charge is -2.50. The molecule has 200 valence electrons. The number of hydrogen-bond acceptors (Lipinski definition) is 6. The van der Waals surface area contributed by atoms with Crippen molar-refractivity contribution in [2.45, 2.75) is 124 Å². The van der Waals surface area contributed by atoms with Gasteiger partial charge in [0.2, 0.25) is 0 Å². The third-order valence-electron chi connectivity index (χ3n) is 8.53. The summed E-state index contributed by atoms with van der Waals surface area (Å²) in [4.78, 5) is 8.04. The number of morpholine rings is 3. The van der Waals surface area contributed by atoms with E-state index in [0.717, 1.165) is 58.8 Å². The van der Waals surface area contributed by atoms with Gasteiger partial charge in [-0.1, -0.05) is 27.7 Å². The number of hydrogen-bond donors (Lipinski definition) is 0. The molecule has 0 radical (unpaired) electrons. The summed E-state index contributed by atoms with van der Waals surface area (Å²) in [5.74, 6) is 1.15. The minimum atomic E-state index is 0.282. The zero-order valence-corrected chi connectivity index (χ0v) is 23.7. The average molecular weight is 482 g/mol. The van der Waals surface area contributed by atoms with Crippen LogP contribution in [0.25, 0.3) is 0 Å². The fourth-order valence-electron chi connectivity index (χ4n) is 6.90. The molecule has 0 saturated carbocycles. The van der Waals surface area contributed by atoms with Gasteiger partial charge in [0, 0.05) is 56.4 Å². The van der Waals surface area contributed by atoms with E-state index in [-0.39, 0.29) is 6.10 Å². The Kier molecular flexibility index (Phi) is 10.7. The third kappa shape index (κ3) is 6.95. The van der Waals surface area contributed by atoms with Crippen LogP contribution in [0.15, 0.2) is 0 Å². The first-order valence-electron chi connectivity index (χ1n) is 14.2. The minimum Gasteiger partial charge on any atom is -0.376 e. The van der Waals surface area contributed by atoms with Gasteiger partial charge in [0.05, 0.1) is 38.1 Å². The predicted octanol–water partition coefficient (Wildman–Crippen LogP) is 4.12. The lowest BCUT2D eigenvalue weighted by molar-refractivity contribution is -0.133. The highest BCUT2D eigenvalue weighted by Gasteiger charge is 2.41. The molecular weight excluding hydrogens is 426 g/mol. The van der Waals surface area contributed by atoms with Crippen molar-refractivity contribution in [3.8, 4) is 0 Å². The van der Waals surface area contributed by atoms with Crippen LogP contribution in [0.4, 0.5) is 0 Å². The molecular formula is C28H55N3O3. The van der Waals surface area contributed by atoms with E-state index in [0.29, 0.717) is 54.3 Å². The highest BCUT2D eigenvalue weighted by molar-refractivity contribution is 4.95. The van der Waals surface area contributed by atoms with Crippen molar-refractivity contribution in [1.29, 1.82) is 0 Å². The fourth-order valence-corrected chi connectivity index (χ4v) is 6.90. The van der Waals surface area contributed by atoms with Crippen LogP contribution in [-0.2, 0) is 14.2 Å². The van der Waals surface area contributed by atoms with Crippen LogP contribution in [0.5, 0.6) is 0 Å². The van der Waals surface area contributed by atoms with E-state index >= 15 is 0 Å². The van der Waals surface area contributed by atoms with Crippen molar-refractivity contribution < 1.29 is 14.2 Å². The van der Waals surface area contributed by atoms with Gasteiger partial charge in [0.15, 0.2) is 0 Å². The standard InChI is InChI=1S/C28H55N3O3/c1-19(2)27-26(33-14-11-30(27)21(5)6)17-23(8)31-12-15-34-25(28(31)20(3)4)16-22(7)29-10-13-32-24(9)18-29/h19-28H,10-18H2,1-9H3/t22?,23?,24-,25?,26?,27-,28+/m1/s1. The summed E-state index contributed by atoms with van der Waals surface area (Å²) in [6.07, 6.45) is 3.10. The van der Waals surface area contributed by atoms with Crippen molar-refractivity contribution in [2.24, 2.45) is 11.8 Å². The van der Waals surface area contributed by atoms with Gasteiger partial charge in [-0.15, -0.1) is 0 Å². The number of ether oxygens (including phenoxy) is 3. The first-order valence-corrected chi connectivity index (χ1v) is 14.2. The largest absolute Gasteiger partial charge is 0.376 e. The number of nitrogens with zero attached hydrogens (tertiary/aromatic N) is 3. The van der Waals surface area contributed by atoms with Crippen molar-refractivity contribution in [2.75, 3.05) is 46.0 Å². The predicted molar refractivity (Wildman–Crippen MR) is 140 cm³/mol. The molecule has 3 fully saturated rings. The smallest absolute Gasteiger partial charge is 0.0748 e. The van der Waals surface area contributed by atoms with Gasteiger partial charge in [-0.2, -0.15) is 0 Å². The SMILES string of the molecule is CC(C)[C@@H]1C(CC(C)N2CCOC(CC(C)N3CCO[C@H](C)C3)[C@@H]2C(C)C)OCCN1C(C)C. The van der Waals surface area contributed by atoms with Crippen LogP contribution in [0.3, 0.4) is 0 Å².